The van der Waals surface area contributed by atoms with Gasteiger partial charge in [-0.1, -0.05) is 60.7 Å². The third-order valence-electron chi connectivity index (χ3n) is 6.85. The summed E-state index contributed by atoms with van der Waals surface area (Å²) in [4.78, 5) is 25.6. The van der Waals surface area contributed by atoms with Gasteiger partial charge in [-0.25, -0.2) is 14.8 Å². The number of ether oxygens (including phenoxy) is 2. The number of nitrogens with zero attached hydrogens (tertiary/aromatic N) is 4. The number of benzene rings is 3. The number of aliphatic imine (C=N–C) groups is 2. The summed E-state index contributed by atoms with van der Waals surface area (Å²) < 4.78 is 10.9. The molecule has 2 heterocycles. The lowest BCUT2D eigenvalue weighted by Crippen LogP contribution is -2.39. The van der Waals surface area contributed by atoms with Gasteiger partial charge in [0.2, 0.25) is 0 Å². The second-order valence-corrected chi connectivity index (χ2v) is 10.5. The van der Waals surface area contributed by atoms with Crippen molar-refractivity contribution in [2.45, 2.75) is 0 Å². The van der Waals surface area contributed by atoms with Crippen LogP contribution in [-0.2, 0) is 9.47 Å². The summed E-state index contributed by atoms with van der Waals surface area (Å²) in [6.07, 6.45) is 0. The first-order valence-electron chi connectivity index (χ1n) is 13.9. The number of hydrogen-bond acceptors (Lipinski definition) is 5. The molecule has 0 saturated carbocycles. The van der Waals surface area contributed by atoms with E-state index in [1.54, 1.807) is 12.1 Å². The molecule has 0 unspecified atom stereocenters. The van der Waals surface area contributed by atoms with Gasteiger partial charge >= 0.3 is 5.97 Å². The molecule has 0 spiro atoms. The Hall–Kier alpha value is -4.23. The number of amidine groups is 2. The van der Waals surface area contributed by atoms with E-state index in [0.29, 0.717) is 85.9 Å². The van der Waals surface area contributed by atoms with Gasteiger partial charge in [-0.15, -0.1) is 0 Å². The Morgan fingerprint density at radius 3 is 1.53 bits per heavy atom. The Morgan fingerprint density at radius 1 is 0.651 bits per heavy atom. The van der Waals surface area contributed by atoms with Crippen LogP contribution in [0.4, 0.5) is 11.4 Å². The highest BCUT2D eigenvalue weighted by Crippen LogP contribution is 2.26. The van der Waals surface area contributed by atoms with Gasteiger partial charge in [0.25, 0.3) is 0 Å². The van der Waals surface area contributed by atoms with Gasteiger partial charge in [-0.2, -0.15) is 0 Å². The summed E-state index contributed by atoms with van der Waals surface area (Å²) in [7, 11) is 0. The molecule has 3 N–H and O–H groups in total. The maximum absolute atomic E-state index is 12.0. The van der Waals surface area contributed by atoms with Crippen LogP contribution in [0.5, 0.6) is 0 Å². The van der Waals surface area contributed by atoms with Crippen LogP contribution in [0.3, 0.4) is 0 Å². The van der Waals surface area contributed by atoms with Crippen molar-refractivity contribution in [3.05, 3.63) is 95.6 Å². The van der Waals surface area contributed by atoms with Gasteiger partial charge < -0.3 is 35.0 Å². The maximum Gasteiger partial charge on any atom is 0.335 e. The Morgan fingerprint density at radius 2 is 1.09 bits per heavy atom. The lowest BCUT2D eigenvalue weighted by Gasteiger charge is -2.28. The number of thiocarbonyl (C=S) groups is 2. The molecule has 10 nitrogen and oxygen atoms in total. The van der Waals surface area contributed by atoms with E-state index in [2.05, 4.69) is 10.6 Å². The zero-order valence-electron chi connectivity index (χ0n) is 23.4. The standard InChI is InChI=1S/C31H32N6O4S2/c38-29(39)24-11-12-25(32-27(22-7-3-1-4-8-22)34-30(42)36-13-17-40-18-14-36)26(21-24)33-28(23-9-5-2-6-10-23)35-31(43)37-15-19-41-20-16-37/h1-12,21H,13-20H2,(H,38,39)(H,32,34,42)(H,33,35,43). The molecule has 0 aromatic heterocycles. The highest BCUT2D eigenvalue weighted by Gasteiger charge is 2.19. The fourth-order valence-corrected chi connectivity index (χ4v) is 5.06. The van der Waals surface area contributed by atoms with Gasteiger partial charge in [-0.05, 0) is 42.6 Å². The van der Waals surface area contributed by atoms with Crippen LogP contribution in [0.15, 0.2) is 88.8 Å². The molecular weight excluding hydrogens is 585 g/mol. The van der Waals surface area contributed by atoms with Gasteiger partial charge in [0, 0.05) is 37.3 Å². The molecule has 0 amide bonds. The number of morpholine rings is 2. The summed E-state index contributed by atoms with van der Waals surface area (Å²) in [5, 5.41) is 17.4. The minimum atomic E-state index is -1.05. The minimum absolute atomic E-state index is 0.109. The largest absolute Gasteiger partial charge is 0.478 e. The molecule has 0 bridgehead atoms. The predicted octanol–water partition coefficient (Wildman–Crippen LogP) is 4.34. The van der Waals surface area contributed by atoms with E-state index in [0.717, 1.165) is 11.1 Å². The molecule has 0 aliphatic carbocycles. The van der Waals surface area contributed by atoms with E-state index < -0.39 is 5.97 Å². The number of aromatic carboxylic acids is 1. The second-order valence-electron chi connectivity index (χ2n) is 9.73. The van der Waals surface area contributed by atoms with E-state index in [4.69, 9.17) is 43.9 Å². The molecule has 2 aliphatic heterocycles. The smallest absolute Gasteiger partial charge is 0.335 e. The Kier molecular flexibility index (Phi) is 10.4. The van der Waals surface area contributed by atoms with Crippen LogP contribution in [0.25, 0.3) is 0 Å². The van der Waals surface area contributed by atoms with E-state index in [1.165, 1.54) is 6.07 Å². The van der Waals surface area contributed by atoms with Crippen molar-refractivity contribution in [2.75, 3.05) is 63.2 Å². The normalized spacial score (nSPS) is 16.0. The quantitative estimate of drug-likeness (QED) is 0.218. The second kappa shape index (κ2) is 14.8. The van der Waals surface area contributed by atoms with Gasteiger partial charge in [-0.3, -0.25) is 0 Å². The van der Waals surface area contributed by atoms with Gasteiger partial charge in [0.15, 0.2) is 10.2 Å². The van der Waals surface area contributed by atoms with E-state index >= 15 is 0 Å². The zero-order chi connectivity index (χ0) is 30.0. The lowest BCUT2D eigenvalue weighted by atomic mass is 10.1. The minimum Gasteiger partial charge on any atom is -0.478 e. The average molecular weight is 617 g/mol. The number of rotatable bonds is 5. The molecule has 0 atom stereocenters. The van der Waals surface area contributed by atoms with Crippen LogP contribution in [-0.4, -0.2) is 95.4 Å². The first-order valence-corrected chi connectivity index (χ1v) is 14.7. The monoisotopic (exact) mass is 616 g/mol. The molecule has 2 saturated heterocycles. The maximum atomic E-state index is 12.0. The van der Waals surface area contributed by atoms with E-state index in [-0.39, 0.29) is 5.56 Å². The van der Waals surface area contributed by atoms with Crippen molar-refractivity contribution < 1.29 is 19.4 Å². The number of carboxylic acids is 1. The van der Waals surface area contributed by atoms with Crippen molar-refractivity contribution >= 4 is 63.7 Å². The Labute approximate surface area is 261 Å². The molecule has 3 aromatic rings. The summed E-state index contributed by atoms with van der Waals surface area (Å²) in [6, 6.07) is 24.0. The molecule has 43 heavy (non-hydrogen) atoms. The molecule has 2 fully saturated rings. The van der Waals surface area contributed by atoms with Crippen LogP contribution in [0, 0.1) is 0 Å². The topological polar surface area (TPSA) is 111 Å². The predicted molar refractivity (Wildman–Crippen MR) is 177 cm³/mol. The Balaban J connectivity index is 1.52. The molecule has 2 aliphatic rings. The SMILES string of the molecule is O=C(O)c1ccc(N/C(=N/C(=S)N2CCOCC2)c2ccccc2)c(N/C(=N/C(=S)N2CCOCC2)c2ccccc2)c1. The molecule has 12 heteroatoms. The Bertz CT molecular complexity index is 1510. The fraction of sp³-hybridized carbons (Fsp3) is 0.258. The van der Waals surface area contributed by atoms with Crippen molar-refractivity contribution in [3.8, 4) is 0 Å². The number of anilines is 2. The highest BCUT2D eigenvalue weighted by molar-refractivity contribution is 7.80. The number of hydrogen-bond donors (Lipinski definition) is 3. The number of carbonyl (C=O) groups is 1. The summed E-state index contributed by atoms with van der Waals surface area (Å²) in [5.41, 5.74) is 2.77. The van der Waals surface area contributed by atoms with Crippen molar-refractivity contribution in [2.24, 2.45) is 9.98 Å². The number of nitrogens with one attached hydrogen (secondary N) is 2. The van der Waals surface area contributed by atoms with Crippen molar-refractivity contribution in [1.82, 2.24) is 9.80 Å². The van der Waals surface area contributed by atoms with E-state index in [1.807, 2.05) is 70.5 Å². The van der Waals surface area contributed by atoms with Gasteiger partial charge in [0.05, 0.1) is 43.4 Å². The van der Waals surface area contributed by atoms with Crippen LogP contribution < -0.4 is 10.6 Å². The average Bonchev–Trinajstić information content (AvgIpc) is 3.06. The fourth-order valence-electron chi connectivity index (χ4n) is 4.51. The van der Waals surface area contributed by atoms with Crippen LogP contribution in [0.1, 0.15) is 21.5 Å². The highest BCUT2D eigenvalue weighted by atomic mass is 32.1. The van der Waals surface area contributed by atoms with Crippen molar-refractivity contribution in [1.29, 1.82) is 0 Å². The lowest BCUT2D eigenvalue weighted by molar-refractivity contribution is 0.0686. The van der Waals surface area contributed by atoms with Crippen LogP contribution >= 0.6 is 24.4 Å². The van der Waals surface area contributed by atoms with E-state index in [9.17, 15) is 9.90 Å². The van der Waals surface area contributed by atoms with Crippen LogP contribution in [0.2, 0.25) is 0 Å². The molecule has 3 aromatic carbocycles. The summed E-state index contributed by atoms with van der Waals surface area (Å²) in [6.45, 7) is 4.93. The first kappa shape index (κ1) is 30.2. The number of carboxylic acid groups (broad SMARTS) is 1. The molecule has 222 valence electrons. The molecule has 5 rings (SSSR count). The molecule has 0 radical (unpaired) electrons. The molecular formula is C31H32N6O4S2. The summed E-state index contributed by atoms with van der Waals surface area (Å²) in [5.74, 6) is -0.0583. The zero-order valence-corrected chi connectivity index (χ0v) is 25.1. The van der Waals surface area contributed by atoms with Gasteiger partial charge in [0.1, 0.15) is 11.7 Å². The van der Waals surface area contributed by atoms with Crippen molar-refractivity contribution in [3.63, 3.8) is 0 Å². The summed E-state index contributed by atoms with van der Waals surface area (Å²) >= 11 is 11.4. The third kappa shape index (κ3) is 8.20. The third-order valence-corrected chi connectivity index (χ3v) is 7.54. The first-order chi connectivity index (χ1) is 21.0.